The number of ether oxygens (including phenoxy) is 5. The van der Waals surface area contributed by atoms with Crippen LogP contribution in [0.3, 0.4) is 0 Å². The summed E-state index contributed by atoms with van der Waals surface area (Å²) >= 11 is 0. The first kappa shape index (κ1) is 111. The zero-order chi connectivity index (χ0) is 106. The van der Waals surface area contributed by atoms with E-state index in [1.54, 1.807) is 210 Å². The molecule has 770 valence electrons. The normalized spacial score (nSPS) is 15.5. The highest BCUT2D eigenvalue weighted by atomic mass is 16.6. The van der Waals surface area contributed by atoms with Crippen LogP contribution < -0.4 is 0 Å². The van der Waals surface area contributed by atoms with Gasteiger partial charge in [0.1, 0.15) is 62.0 Å². The Balaban J connectivity index is 0.000000173. The van der Waals surface area contributed by atoms with Crippen molar-refractivity contribution in [1.82, 2.24) is 90.4 Å². The Morgan fingerprint density at radius 3 is 0.890 bits per heavy atom. The van der Waals surface area contributed by atoms with Crippen LogP contribution in [0.15, 0.2) is 153 Å². The fraction of sp³-hybridized carbons (Fsp3) is 0.446. The maximum Gasteiger partial charge on any atom is 0.342 e. The Kier molecular flexibility index (Phi) is 36.1. The molecule has 0 fully saturated rings. The second-order valence-electron chi connectivity index (χ2n) is 41.7. The molecule has 145 heavy (non-hydrogen) atoms. The number of nitrogens with one attached hydrogen (secondary N) is 5. The molecule has 0 atom stereocenters. The van der Waals surface area contributed by atoms with E-state index in [1.807, 2.05) is 65.0 Å². The fourth-order valence-electron chi connectivity index (χ4n) is 18.7. The number of carbonyl (C=O) groups is 10. The topological polar surface area (TPSA) is 415 Å². The molecule has 0 radical (unpaired) electrons. The zero-order valence-electron chi connectivity index (χ0n) is 89.0. The van der Waals surface area contributed by atoms with Gasteiger partial charge < -0.3 is 48.2 Å². The summed E-state index contributed by atoms with van der Waals surface area (Å²) in [5.74, 6) is -3.43. The first-order valence-electron chi connectivity index (χ1n) is 49.9. The van der Waals surface area contributed by atoms with Gasteiger partial charge in [0.05, 0.1) is 41.6 Å². The molecule has 33 heteroatoms. The van der Waals surface area contributed by atoms with E-state index >= 15 is 0 Å². The molecule has 5 amide bonds. The number of amides is 5. The number of fused-ring (bicyclic) bond motifs is 5. The predicted octanol–water partition coefficient (Wildman–Crippen LogP) is 18.6. The van der Waals surface area contributed by atoms with Crippen LogP contribution in [-0.4, -0.2) is 213 Å². The predicted molar refractivity (Wildman–Crippen MR) is 555 cm³/mol. The molecule has 10 aromatic rings. The molecular weight excluding hydrogens is 1840 g/mol. The van der Waals surface area contributed by atoms with Crippen LogP contribution in [-0.2, 0) is 100 Å². The van der Waals surface area contributed by atoms with E-state index in [1.165, 1.54) is 6.20 Å². The van der Waals surface area contributed by atoms with Crippen molar-refractivity contribution in [2.75, 3.05) is 32.7 Å². The zero-order valence-corrected chi connectivity index (χ0v) is 89.0. The molecule has 0 spiro atoms. The summed E-state index contributed by atoms with van der Waals surface area (Å²) in [4.78, 5) is 151. The number of rotatable bonds is 23. The van der Waals surface area contributed by atoms with Crippen LogP contribution in [0.2, 0.25) is 0 Å². The monoisotopic (exact) mass is 1980 g/mol. The number of nitrogens with zero attached hydrogens (tertiary/aromatic N) is 13. The second-order valence-corrected chi connectivity index (χ2v) is 41.7. The van der Waals surface area contributed by atoms with Crippen LogP contribution in [0.4, 0.5) is 0 Å². The van der Waals surface area contributed by atoms with Crippen LogP contribution >= 0.6 is 0 Å². The van der Waals surface area contributed by atoms with E-state index in [4.69, 9.17) is 23.7 Å². The Hall–Kier alpha value is -14.7. The second kappa shape index (κ2) is 47.2. The van der Waals surface area contributed by atoms with Gasteiger partial charge in [-0.15, -0.1) is 0 Å². The maximum absolute atomic E-state index is 13.3. The van der Waals surface area contributed by atoms with E-state index in [2.05, 4.69) is 149 Å². The minimum Gasteiger partial charge on any atom is -0.459 e. The minimum absolute atomic E-state index is 0.153. The Bertz CT molecular complexity index is 6130. The van der Waals surface area contributed by atoms with Gasteiger partial charge in [-0.1, -0.05) is 165 Å². The number of aryl methyl sites for hydroxylation is 7. The van der Waals surface area contributed by atoms with Crippen molar-refractivity contribution in [3.63, 3.8) is 0 Å². The lowest BCUT2D eigenvalue weighted by atomic mass is 9.81. The number of carbonyl (C=O) groups excluding carboxylic acids is 10. The Morgan fingerprint density at radius 2 is 0.593 bits per heavy atom. The lowest BCUT2D eigenvalue weighted by Gasteiger charge is -2.30. The van der Waals surface area contributed by atoms with Crippen molar-refractivity contribution in [2.45, 2.75) is 296 Å². The molecule has 5 N–H and O–H groups in total. The first-order valence-corrected chi connectivity index (χ1v) is 49.9. The molecule has 8 aromatic heterocycles. The summed E-state index contributed by atoms with van der Waals surface area (Å²) in [6.45, 7) is 54.9. The number of esters is 5. The minimum atomic E-state index is -0.493. The number of benzene rings is 2. The summed E-state index contributed by atoms with van der Waals surface area (Å²) in [6.07, 6.45) is 19.9. The van der Waals surface area contributed by atoms with Gasteiger partial charge >= 0.3 is 29.8 Å². The van der Waals surface area contributed by atoms with Crippen molar-refractivity contribution in [3.05, 3.63) is 277 Å². The number of aromatic amines is 5. The molecule has 0 aliphatic carbocycles. The smallest absolute Gasteiger partial charge is 0.342 e. The lowest BCUT2D eigenvalue weighted by molar-refractivity contribution is -0.141. The first-order chi connectivity index (χ1) is 68.5. The van der Waals surface area contributed by atoms with Crippen molar-refractivity contribution in [2.24, 2.45) is 0 Å². The number of pyridine rings is 3. The number of hydrogen-bond donors (Lipinski definition) is 5. The highest BCUT2D eigenvalue weighted by Gasteiger charge is 2.46. The van der Waals surface area contributed by atoms with Crippen molar-refractivity contribution in [3.8, 4) is 0 Å². The molecule has 0 saturated heterocycles. The third-order valence-corrected chi connectivity index (χ3v) is 24.6. The van der Waals surface area contributed by atoms with Crippen LogP contribution in [0.25, 0.3) is 27.9 Å². The Morgan fingerprint density at radius 1 is 0.310 bits per heavy atom. The van der Waals surface area contributed by atoms with Gasteiger partial charge in [-0.25, -0.2) is 24.0 Å². The lowest BCUT2D eigenvalue weighted by Crippen LogP contribution is -2.37. The van der Waals surface area contributed by atoms with Crippen molar-refractivity contribution in [1.29, 1.82) is 0 Å². The average Bonchev–Trinajstić information content (AvgIpc) is 1.61. The quantitative estimate of drug-likeness (QED) is 0.0293. The van der Waals surface area contributed by atoms with Gasteiger partial charge in [-0.3, -0.25) is 64.4 Å². The van der Waals surface area contributed by atoms with E-state index in [9.17, 15) is 47.9 Å². The van der Waals surface area contributed by atoms with Gasteiger partial charge in [-0.2, -0.15) is 25.5 Å². The van der Waals surface area contributed by atoms with Gasteiger partial charge in [0, 0.05) is 189 Å². The molecule has 13 heterocycles. The molecule has 0 bridgehead atoms. The molecule has 5 aliphatic heterocycles. The molecule has 5 aliphatic rings. The summed E-state index contributed by atoms with van der Waals surface area (Å²) < 4.78 is 27.3. The summed E-state index contributed by atoms with van der Waals surface area (Å²) in [7, 11) is 0. The summed E-state index contributed by atoms with van der Waals surface area (Å²) in [5.41, 5.74) is 16.2. The SMILES string of the molecule is CCCc1[nH]nc2c1C(C)(C)CN(C(=O)c1ccc(C)nc1)C=C2C(=O)OC(C)C.CCCc1[nH]nc2c1C(C)(C)CN(C(=O)c1ccccc1)C=C2C(=O)OC(C)C.CCCc1[nH]nc2c1C(C)(C)CN(C(=O)c1ccccn1)C=C2C(=O)OC(C)C.CCCc1[nH]nc2c1C(C)(C)CN(C(=O)c1cccnc1)C=C2C(=O)OC(C)C.Cc1ccc(C(=O)N2C=C(C(=O)OC(C)C)c3n[nH]c(C)c3C(C)(C)C2)cc1. The summed E-state index contributed by atoms with van der Waals surface area (Å²) in [5, 5.41) is 37.6. The molecular formula is C112H142N18O15. The average molecular weight is 1980 g/mol. The van der Waals surface area contributed by atoms with Crippen LogP contribution in [0.5, 0.6) is 0 Å². The molecule has 33 nitrogen and oxygen atoms in total. The fourth-order valence-corrected chi connectivity index (χ4v) is 18.7. The van der Waals surface area contributed by atoms with Gasteiger partial charge in [0.15, 0.2) is 0 Å². The highest BCUT2D eigenvalue weighted by molar-refractivity contribution is 6.20. The molecule has 0 saturated carbocycles. The third kappa shape index (κ3) is 26.5. The van der Waals surface area contributed by atoms with Crippen molar-refractivity contribution < 1.29 is 71.6 Å². The van der Waals surface area contributed by atoms with E-state index in [0.29, 0.717) is 100 Å². The van der Waals surface area contributed by atoms with Gasteiger partial charge in [-0.05, 0) is 176 Å². The van der Waals surface area contributed by atoms with E-state index in [0.717, 1.165) is 119 Å². The molecule has 15 rings (SSSR count). The standard InChI is InChI=1S/C23H30N4O3.C23H29N3O3.2C22H28N4O3.C22H27N3O3/c1-7-8-18-19-20(26-25-18)17(22(29)30-14(2)3)12-27(13-23(19,5)6)21(28)16-10-9-15(4)24-11-16;1-6-10-18-19-20(25-24-18)17(22(28)29-15(2)3)13-26(14-23(19,4)5)21(27)16-11-8-7-9-12-16;1-6-9-16-18-19(25-24-16)15(21(28)29-14(2)3)12-26(13-22(18,4)5)20(27)17-10-7-8-11-23-17;1-6-8-17-18-19(25-24-17)16(21(28)29-14(2)3)12-26(13-22(18,4)5)20(27)15-9-7-10-23-11-15;1-13(2)28-21(27)17-11-25(20(26)16-9-7-14(3)8-10-16)12-22(5,6)18-15(4)23-24-19(17)18/h9-12,14H,7-8,13H2,1-6H3,(H,25,26);7-9,11-13,15H,6,10,14H2,1-5H3,(H,24,25);7-8,10-12,14H,6,9,13H2,1-5H3,(H,24,25);7,9-12,14H,6,8,13H2,1-5H3,(H,24,25);7-11,13H,12H2,1-6H3,(H,23,24). The van der Waals surface area contributed by atoms with Crippen LogP contribution in [0.1, 0.15) is 340 Å². The largest absolute Gasteiger partial charge is 0.459 e. The van der Waals surface area contributed by atoms with E-state index < -0.39 is 56.9 Å². The van der Waals surface area contributed by atoms with Gasteiger partial charge in [0.25, 0.3) is 29.5 Å². The van der Waals surface area contributed by atoms with E-state index in [-0.39, 0.29) is 76.8 Å². The highest BCUT2D eigenvalue weighted by Crippen LogP contribution is 2.45. The third-order valence-electron chi connectivity index (χ3n) is 24.6. The molecule has 2 aromatic carbocycles. The summed E-state index contributed by atoms with van der Waals surface area (Å²) in [6, 6.07) is 28.7. The maximum atomic E-state index is 13.3. The number of H-pyrrole nitrogens is 5. The van der Waals surface area contributed by atoms with Crippen molar-refractivity contribution >= 4 is 87.2 Å². The number of hydrogen-bond acceptors (Lipinski definition) is 23. The number of aromatic nitrogens is 13. The molecule has 0 unspecified atom stereocenters. The Labute approximate surface area is 850 Å². The van der Waals surface area contributed by atoms with Gasteiger partial charge in [0.2, 0.25) is 0 Å². The van der Waals surface area contributed by atoms with Crippen LogP contribution in [0, 0.1) is 20.8 Å².